The van der Waals surface area contributed by atoms with Gasteiger partial charge in [0.25, 0.3) is 0 Å². The van der Waals surface area contributed by atoms with E-state index in [1.165, 1.54) is 13.3 Å². The van der Waals surface area contributed by atoms with E-state index in [1.54, 1.807) is 0 Å². The summed E-state index contributed by atoms with van der Waals surface area (Å²) in [5.41, 5.74) is -0.649. The lowest BCUT2D eigenvalue weighted by atomic mass is 10.1. The molecule has 1 aromatic heterocycles. The lowest BCUT2D eigenvalue weighted by Crippen LogP contribution is -2.43. The van der Waals surface area contributed by atoms with Crippen LogP contribution < -0.4 is 10.2 Å². The fourth-order valence-electron chi connectivity index (χ4n) is 1.67. The third-order valence-electron chi connectivity index (χ3n) is 2.57. The van der Waals surface area contributed by atoms with Gasteiger partial charge < -0.3 is 9.72 Å². The second-order valence-electron chi connectivity index (χ2n) is 4.70. The highest BCUT2D eigenvalue weighted by molar-refractivity contribution is 7.89. The molecule has 0 saturated carbocycles. The molecule has 0 aliphatic rings. The van der Waals surface area contributed by atoms with Gasteiger partial charge in [-0.15, -0.1) is 0 Å². The zero-order valence-electron chi connectivity index (χ0n) is 11.5. The number of aromatic nitrogens is 1. The summed E-state index contributed by atoms with van der Waals surface area (Å²) in [6.07, 6.45) is 2.68. The normalized spacial score (nSPS) is 13.2. The maximum Gasteiger partial charge on any atom is 0.323 e. The number of esters is 1. The summed E-state index contributed by atoms with van der Waals surface area (Å²) in [5, 5.41) is 0. The van der Waals surface area contributed by atoms with E-state index >= 15 is 0 Å². The predicted octanol–water partition coefficient (Wildman–Crippen LogP) is 0.241. The summed E-state index contributed by atoms with van der Waals surface area (Å²) in [5.74, 6) is -0.606. The van der Waals surface area contributed by atoms with Crippen LogP contribution in [0.25, 0.3) is 0 Å². The molecule has 0 spiro atoms. The van der Waals surface area contributed by atoms with Crippen molar-refractivity contribution in [2.24, 2.45) is 5.92 Å². The van der Waals surface area contributed by atoms with E-state index in [1.807, 2.05) is 13.8 Å². The SMILES string of the molecule is COC(=O)C(CC(C)C)NS(=O)(=O)c1c[nH]ccc1=O. The Kier molecular flexibility index (Phi) is 5.46. The van der Waals surface area contributed by atoms with Crippen molar-refractivity contribution in [2.45, 2.75) is 31.2 Å². The highest BCUT2D eigenvalue weighted by Gasteiger charge is 2.28. The Morgan fingerprint density at radius 2 is 2.10 bits per heavy atom. The van der Waals surface area contributed by atoms with Gasteiger partial charge >= 0.3 is 5.97 Å². The van der Waals surface area contributed by atoms with Gasteiger partial charge in [0, 0.05) is 18.5 Å². The van der Waals surface area contributed by atoms with Crippen molar-refractivity contribution in [3.05, 3.63) is 28.7 Å². The lowest BCUT2D eigenvalue weighted by molar-refractivity contribution is -0.143. The second-order valence-corrected chi connectivity index (χ2v) is 6.38. The number of hydrogen-bond donors (Lipinski definition) is 2. The minimum Gasteiger partial charge on any atom is -0.468 e. The molecule has 0 bridgehead atoms. The van der Waals surface area contributed by atoms with Crippen molar-refractivity contribution >= 4 is 16.0 Å². The molecule has 112 valence electrons. The third kappa shape index (κ3) is 4.17. The van der Waals surface area contributed by atoms with Crippen molar-refractivity contribution in [1.82, 2.24) is 9.71 Å². The number of rotatable bonds is 6. The Morgan fingerprint density at radius 3 is 2.60 bits per heavy atom. The molecular formula is C12H18N2O5S. The fraction of sp³-hybridized carbons (Fsp3) is 0.500. The number of nitrogens with one attached hydrogen (secondary N) is 2. The number of methoxy groups -OCH3 is 1. The van der Waals surface area contributed by atoms with Crippen LogP contribution in [0.1, 0.15) is 20.3 Å². The first-order valence-electron chi connectivity index (χ1n) is 6.05. The second kappa shape index (κ2) is 6.67. The van der Waals surface area contributed by atoms with Crippen LogP contribution in [0.4, 0.5) is 0 Å². The molecule has 0 radical (unpaired) electrons. The van der Waals surface area contributed by atoms with E-state index in [9.17, 15) is 18.0 Å². The molecule has 0 fully saturated rings. The van der Waals surface area contributed by atoms with Gasteiger partial charge in [-0.25, -0.2) is 8.42 Å². The Morgan fingerprint density at radius 1 is 1.45 bits per heavy atom. The van der Waals surface area contributed by atoms with Gasteiger partial charge in [0.15, 0.2) is 0 Å². The zero-order chi connectivity index (χ0) is 15.3. The minimum atomic E-state index is -4.09. The number of carbonyl (C=O) groups is 1. The van der Waals surface area contributed by atoms with Crippen LogP contribution in [0.15, 0.2) is 28.2 Å². The van der Waals surface area contributed by atoms with Gasteiger partial charge in [-0.1, -0.05) is 13.8 Å². The number of sulfonamides is 1. The predicted molar refractivity (Wildman–Crippen MR) is 72.6 cm³/mol. The quantitative estimate of drug-likeness (QED) is 0.732. The van der Waals surface area contributed by atoms with E-state index in [-0.39, 0.29) is 12.3 Å². The van der Waals surface area contributed by atoms with Crippen molar-refractivity contribution in [3.8, 4) is 0 Å². The molecule has 1 atom stereocenters. The molecule has 2 N–H and O–H groups in total. The Balaban J connectivity index is 3.06. The summed E-state index contributed by atoms with van der Waals surface area (Å²) < 4.78 is 31.0. The summed E-state index contributed by atoms with van der Waals surface area (Å²) >= 11 is 0. The smallest absolute Gasteiger partial charge is 0.323 e. The Labute approximate surface area is 117 Å². The topological polar surface area (TPSA) is 105 Å². The number of ether oxygens (including phenoxy) is 1. The molecule has 20 heavy (non-hydrogen) atoms. The average Bonchev–Trinajstić information content (AvgIpc) is 2.36. The van der Waals surface area contributed by atoms with Gasteiger partial charge in [0.2, 0.25) is 15.5 Å². The van der Waals surface area contributed by atoms with E-state index in [2.05, 4.69) is 14.4 Å². The molecule has 1 rings (SSSR count). The van der Waals surface area contributed by atoms with Crippen LogP contribution in [0.5, 0.6) is 0 Å². The van der Waals surface area contributed by atoms with Crippen LogP contribution in [0.3, 0.4) is 0 Å². The molecule has 0 aliphatic carbocycles. The maximum absolute atomic E-state index is 12.1. The molecule has 1 aromatic rings. The summed E-state index contributed by atoms with van der Waals surface area (Å²) in [6.45, 7) is 3.69. The number of hydrogen-bond acceptors (Lipinski definition) is 5. The van der Waals surface area contributed by atoms with E-state index in [0.717, 1.165) is 12.3 Å². The van der Waals surface area contributed by atoms with E-state index in [4.69, 9.17) is 0 Å². The van der Waals surface area contributed by atoms with Crippen LogP contribution in [-0.4, -0.2) is 32.5 Å². The number of carbonyl (C=O) groups excluding carboxylic acids is 1. The third-order valence-corrected chi connectivity index (χ3v) is 4.06. The highest BCUT2D eigenvalue weighted by atomic mass is 32.2. The van der Waals surface area contributed by atoms with E-state index in [0.29, 0.717) is 0 Å². The zero-order valence-corrected chi connectivity index (χ0v) is 12.4. The minimum absolute atomic E-state index is 0.0795. The molecule has 1 heterocycles. The molecule has 7 nitrogen and oxygen atoms in total. The van der Waals surface area contributed by atoms with Crippen LogP contribution in [0.2, 0.25) is 0 Å². The van der Waals surface area contributed by atoms with Gasteiger partial charge in [-0.2, -0.15) is 4.72 Å². The standard InChI is InChI=1S/C12H18N2O5S/c1-8(2)6-9(12(16)19-3)14-20(17,18)11-7-13-5-4-10(11)15/h4-5,7-9,14H,6H2,1-3H3,(H,13,15). The summed E-state index contributed by atoms with van der Waals surface area (Å²) in [4.78, 5) is 25.3. The first kappa shape index (κ1) is 16.4. The van der Waals surface area contributed by atoms with Crippen LogP contribution in [-0.2, 0) is 19.6 Å². The molecule has 1 unspecified atom stereocenters. The van der Waals surface area contributed by atoms with Crippen molar-refractivity contribution in [1.29, 1.82) is 0 Å². The first-order valence-corrected chi connectivity index (χ1v) is 7.53. The van der Waals surface area contributed by atoms with Crippen LogP contribution in [0, 0.1) is 5.92 Å². The molecule has 8 heteroatoms. The number of H-pyrrole nitrogens is 1. The molecule has 0 aromatic carbocycles. The first-order chi connectivity index (χ1) is 9.27. The maximum atomic E-state index is 12.1. The van der Waals surface area contributed by atoms with Gasteiger partial charge in [-0.05, 0) is 12.3 Å². The van der Waals surface area contributed by atoms with Crippen molar-refractivity contribution < 1.29 is 17.9 Å². The molecular weight excluding hydrogens is 284 g/mol. The Hall–Kier alpha value is -1.67. The summed E-state index contributed by atoms with van der Waals surface area (Å²) in [6, 6.07) is 0.0778. The monoisotopic (exact) mass is 302 g/mol. The lowest BCUT2D eigenvalue weighted by Gasteiger charge is -2.18. The molecule has 0 amide bonds. The number of aromatic amines is 1. The van der Waals surface area contributed by atoms with Crippen molar-refractivity contribution in [3.63, 3.8) is 0 Å². The number of pyridine rings is 1. The van der Waals surface area contributed by atoms with Gasteiger partial charge in [0.1, 0.15) is 10.9 Å². The van der Waals surface area contributed by atoms with Gasteiger partial charge in [-0.3, -0.25) is 9.59 Å². The summed E-state index contributed by atoms with van der Waals surface area (Å²) in [7, 11) is -2.91. The van der Waals surface area contributed by atoms with Crippen molar-refractivity contribution in [2.75, 3.05) is 7.11 Å². The average molecular weight is 302 g/mol. The highest BCUT2D eigenvalue weighted by Crippen LogP contribution is 2.10. The van der Waals surface area contributed by atoms with Gasteiger partial charge in [0.05, 0.1) is 7.11 Å². The van der Waals surface area contributed by atoms with Crippen LogP contribution >= 0.6 is 0 Å². The largest absolute Gasteiger partial charge is 0.468 e. The molecule has 0 saturated heterocycles. The Bertz CT molecular complexity index is 621. The molecule has 0 aliphatic heterocycles. The van der Waals surface area contributed by atoms with E-state index < -0.39 is 32.4 Å². The fourth-order valence-corrected chi connectivity index (χ4v) is 2.92.